The zero-order valence-electron chi connectivity index (χ0n) is 16.0. The topological polar surface area (TPSA) is 68.0 Å². The zero-order valence-corrected chi connectivity index (χ0v) is 16.8. The average molecular weight is 391 g/mol. The fourth-order valence-electron chi connectivity index (χ4n) is 3.30. The second-order valence-electron chi connectivity index (χ2n) is 6.87. The Bertz CT molecular complexity index is 1120. The van der Waals surface area contributed by atoms with Gasteiger partial charge in [-0.1, -0.05) is 37.3 Å². The number of carbonyl (C=O) groups excluding carboxylic acids is 1. The molecule has 0 saturated carbocycles. The molecule has 1 aromatic carbocycles. The van der Waals surface area contributed by atoms with Crippen LogP contribution in [0.15, 0.2) is 53.1 Å². The van der Waals surface area contributed by atoms with Crippen molar-refractivity contribution >= 4 is 27.5 Å². The van der Waals surface area contributed by atoms with Crippen LogP contribution < -0.4 is 5.32 Å². The standard InChI is InChI=1S/C22H21N3O2S/c1-13(16-8-5-4-6-9-16)12-23-21(26)19-14(2)18-15(3)24-20(25-22(18)28-19)17-10-7-11-27-17/h4-11,13H,12H2,1-3H3,(H,23,26). The van der Waals surface area contributed by atoms with Crippen LogP contribution in [0.25, 0.3) is 21.8 Å². The number of nitrogens with one attached hydrogen (secondary N) is 1. The molecule has 6 heteroatoms. The summed E-state index contributed by atoms with van der Waals surface area (Å²) in [5.74, 6) is 1.34. The number of benzene rings is 1. The Morgan fingerprint density at radius 2 is 1.93 bits per heavy atom. The Kier molecular flexibility index (Phi) is 4.96. The molecule has 28 heavy (non-hydrogen) atoms. The van der Waals surface area contributed by atoms with Crippen LogP contribution in [0.3, 0.4) is 0 Å². The van der Waals surface area contributed by atoms with Crippen LogP contribution in [-0.2, 0) is 0 Å². The lowest BCUT2D eigenvalue weighted by Crippen LogP contribution is -2.27. The number of hydrogen-bond donors (Lipinski definition) is 1. The van der Waals surface area contributed by atoms with Crippen LogP contribution in [0.2, 0.25) is 0 Å². The lowest BCUT2D eigenvalue weighted by atomic mass is 10.0. The third kappa shape index (κ3) is 3.43. The first-order chi connectivity index (χ1) is 13.5. The molecule has 1 amide bonds. The number of amides is 1. The summed E-state index contributed by atoms with van der Waals surface area (Å²) in [6.07, 6.45) is 1.60. The van der Waals surface area contributed by atoms with Gasteiger partial charge in [-0.05, 0) is 43.0 Å². The minimum Gasteiger partial charge on any atom is -0.461 e. The summed E-state index contributed by atoms with van der Waals surface area (Å²) < 4.78 is 5.42. The van der Waals surface area contributed by atoms with Gasteiger partial charge in [0.05, 0.1) is 16.8 Å². The van der Waals surface area contributed by atoms with Crippen LogP contribution in [0.5, 0.6) is 0 Å². The van der Waals surface area contributed by atoms with Gasteiger partial charge in [0.25, 0.3) is 5.91 Å². The van der Waals surface area contributed by atoms with Crippen molar-refractivity contribution in [2.24, 2.45) is 0 Å². The van der Waals surface area contributed by atoms with E-state index in [0.29, 0.717) is 23.0 Å². The van der Waals surface area contributed by atoms with Crippen LogP contribution >= 0.6 is 11.3 Å². The lowest BCUT2D eigenvalue weighted by molar-refractivity contribution is 0.0955. The first kappa shape index (κ1) is 18.4. The molecule has 0 aliphatic carbocycles. The van der Waals surface area contributed by atoms with Crippen LogP contribution in [0, 0.1) is 13.8 Å². The highest BCUT2D eigenvalue weighted by Gasteiger charge is 2.20. The molecule has 3 aromatic heterocycles. The SMILES string of the molecule is Cc1nc(-c2ccco2)nc2sc(C(=O)NCC(C)c3ccccc3)c(C)c12. The van der Waals surface area contributed by atoms with E-state index in [1.807, 2.05) is 44.2 Å². The molecule has 0 aliphatic rings. The number of thiophene rings is 1. The largest absolute Gasteiger partial charge is 0.461 e. The highest BCUT2D eigenvalue weighted by Crippen LogP contribution is 2.33. The summed E-state index contributed by atoms with van der Waals surface area (Å²) in [7, 11) is 0. The molecule has 0 saturated heterocycles. The molecule has 4 aromatic rings. The number of fused-ring (bicyclic) bond motifs is 1. The van der Waals surface area contributed by atoms with Gasteiger partial charge in [0.2, 0.25) is 0 Å². The minimum atomic E-state index is -0.0674. The maximum atomic E-state index is 12.8. The van der Waals surface area contributed by atoms with Crippen LogP contribution in [0.1, 0.15) is 39.3 Å². The van der Waals surface area contributed by atoms with Crippen LogP contribution in [-0.4, -0.2) is 22.4 Å². The number of carbonyl (C=O) groups is 1. The van der Waals surface area contributed by atoms with Gasteiger partial charge in [-0.3, -0.25) is 4.79 Å². The van der Waals surface area contributed by atoms with Gasteiger partial charge >= 0.3 is 0 Å². The molecule has 3 heterocycles. The third-order valence-corrected chi connectivity index (χ3v) is 6.04. The molecule has 0 spiro atoms. The monoisotopic (exact) mass is 391 g/mol. The van der Waals surface area contributed by atoms with Crippen molar-refractivity contribution < 1.29 is 9.21 Å². The van der Waals surface area contributed by atoms with Gasteiger partial charge in [0.15, 0.2) is 11.6 Å². The summed E-state index contributed by atoms with van der Waals surface area (Å²) in [6, 6.07) is 13.8. The molecule has 0 fully saturated rings. The average Bonchev–Trinajstić information content (AvgIpc) is 3.35. The maximum Gasteiger partial charge on any atom is 0.261 e. The van der Waals surface area contributed by atoms with Crippen molar-refractivity contribution in [1.29, 1.82) is 0 Å². The molecule has 1 atom stereocenters. The smallest absolute Gasteiger partial charge is 0.261 e. The van der Waals surface area contributed by atoms with Crippen molar-refractivity contribution in [3.63, 3.8) is 0 Å². The molecule has 142 valence electrons. The molecule has 0 aliphatic heterocycles. The van der Waals surface area contributed by atoms with Gasteiger partial charge in [-0.2, -0.15) is 0 Å². The first-order valence-corrected chi connectivity index (χ1v) is 10.0. The Morgan fingerprint density at radius 1 is 1.14 bits per heavy atom. The number of aromatic nitrogens is 2. The number of furan rings is 1. The summed E-state index contributed by atoms with van der Waals surface area (Å²) in [4.78, 5) is 23.5. The number of aryl methyl sites for hydroxylation is 2. The van der Waals surface area contributed by atoms with Crippen molar-refractivity contribution in [2.75, 3.05) is 6.54 Å². The second-order valence-corrected chi connectivity index (χ2v) is 7.87. The predicted octanol–water partition coefficient (Wildman–Crippen LogP) is 5.10. The van der Waals surface area contributed by atoms with Crippen molar-refractivity contribution in [1.82, 2.24) is 15.3 Å². The van der Waals surface area contributed by atoms with Crippen molar-refractivity contribution in [2.45, 2.75) is 26.7 Å². The number of hydrogen-bond acceptors (Lipinski definition) is 5. The fourth-order valence-corrected chi connectivity index (χ4v) is 4.45. The first-order valence-electron chi connectivity index (χ1n) is 9.19. The molecule has 1 N–H and O–H groups in total. The fraction of sp³-hybridized carbons (Fsp3) is 0.227. The Hall–Kier alpha value is -2.99. The van der Waals surface area contributed by atoms with E-state index in [2.05, 4.69) is 34.3 Å². The molecule has 1 unspecified atom stereocenters. The Labute approximate surface area is 167 Å². The molecule has 0 radical (unpaired) electrons. The van der Waals surface area contributed by atoms with Crippen LogP contribution in [0.4, 0.5) is 0 Å². The van der Waals surface area contributed by atoms with Gasteiger partial charge in [-0.25, -0.2) is 9.97 Å². The summed E-state index contributed by atoms with van der Waals surface area (Å²) in [5, 5.41) is 4.01. The maximum absolute atomic E-state index is 12.8. The van der Waals surface area contributed by atoms with E-state index < -0.39 is 0 Å². The molecule has 5 nitrogen and oxygen atoms in total. The summed E-state index contributed by atoms with van der Waals surface area (Å²) in [5.41, 5.74) is 2.98. The summed E-state index contributed by atoms with van der Waals surface area (Å²) >= 11 is 1.40. The number of nitrogens with zero attached hydrogens (tertiary/aromatic N) is 2. The molecular formula is C22H21N3O2S. The Morgan fingerprint density at radius 3 is 2.64 bits per heavy atom. The highest BCUT2D eigenvalue weighted by atomic mass is 32.1. The summed E-state index contributed by atoms with van der Waals surface area (Å²) in [6.45, 7) is 6.59. The van der Waals surface area contributed by atoms with Crippen molar-refractivity contribution in [3.05, 3.63) is 70.4 Å². The van der Waals surface area contributed by atoms with E-state index in [4.69, 9.17) is 4.42 Å². The van der Waals surface area contributed by atoms with Crippen molar-refractivity contribution in [3.8, 4) is 11.6 Å². The van der Waals surface area contributed by atoms with E-state index in [9.17, 15) is 4.79 Å². The highest BCUT2D eigenvalue weighted by molar-refractivity contribution is 7.20. The normalized spacial score (nSPS) is 12.2. The predicted molar refractivity (Wildman–Crippen MR) is 112 cm³/mol. The zero-order chi connectivity index (χ0) is 19.7. The molecular weight excluding hydrogens is 370 g/mol. The molecule has 4 rings (SSSR count). The van der Waals surface area contributed by atoms with E-state index >= 15 is 0 Å². The number of rotatable bonds is 5. The van der Waals surface area contributed by atoms with E-state index in [0.717, 1.165) is 21.5 Å². The van der Waals surface area contributed by atoms with Gasteiger partial charge in [0.1, 0.15) is 4.83 Å². The third-order valence-electron chi connectivity index (χ3n) is 4.86. The lowest BCUT2D eigenvalue weighted by Gasteiger charge is -2.12. The van der Waals surface area contributed by atoms with E-state index in [1.54, 1.807) is 6.26 Å². The second kappa shape index (κ2) is 7.56. The quantitative estimate of drug-likeness (QED) is 0.514. The molecule has 0 bridgehead atoms. The van der Waals surface area contributed by atoms with Gasteiger partial charge in [-0.15, -0.1) is 11.3 Å². The Balaban J connectivity index is 1.59. The van der Waals surface area contributed by atoms with Gasteiger partial charge < -0.3 is 9.73 Å². The minimum absolute atomic E-state index is 0.0674. The van der Waals surface area contributed by atoms with Gasteiger partial charge in [0, 0.05) is 11.9 Å². The van der Waals surface area contributed by atoms with E-state index in [-0.39, 0.29) is 11.8 Å². The van der Waals surface area contributed by atoms with E-state index in [1.165, 1.54) is 16.9 Å².